The number of aryl methyl sites for hydroxylation is 1. The molecule has 4 rings (SSSR count). The van der Waals surface area contributed by atoms with E-state index < -0.39 is 6.10 Å². The average Bonchev–Trinajstić information content (AvgIpc) is 3.14. The number of carbonyl (C=O) groups excluding carboxylic acids is 1. The molecule has 1 aliphatic rings. The van der Waals surface area contributed by atoms with Crippen LogP contribution in [0.15, 0.2) is 35.1 Å². The molecule has 0 spiro atoms. The van der Waals surface area contributed by atoms with E-state index in [-0.39, 0.29) is 18.0 Å². The minimum absolute atomic E-state index is 0.0942. The first-order valence-electron chi connectivity index (χ1n) is 9.47. The molecule has 0 unspecified atom stereocenters. The van der Waals surface area contributed by atoms with Gasteiger partial charge in [0.15, 0.2) is 0 Å². The van der Waals surface area contributed by atoms with Gasteiger partial charge in [-0.25, -0.2) is 4.68 Å². The highest BCUT2D eigenvalue weighted by Crippen LogP contribution is 2.20. The van der Waals surface area contributed by atoms with Gasteiger partial charge in [-0.1, -0.05) is 25.1 Å². The lowest BCUT2D eigenvalue weighted by Crippen LogP contribution is -2.42. The third kappa shape index (κ3) is 3.20. The van der Waals surface area contributed by atoms with Crippen molar-refractivity contribution >= 4 is 16.7 Å². The van der Waals surface area contributed by atoms with E-state index >= 15 is 0 Å². The molecule has 2 aromatic heterocycles. The number of carbonyl (C=O) groups is 1. The lowest BCUT2D eigenvalue weighted by molar-refractivity contribution is -0.133. The van der Waals surface area contributed by atoms with Gasteiger partial charge in [0.2, 0.25) is 5.91 Å². The molecule has 0 fully saturated rings. The molecule has 3 aromatic rings. The zero-order chi connectivity index (χ0) is 19.8. The van der Waals surface area contributed by atoms with Crippen LogP contribution in [0.25, 0.3) is 10.8 Å². The molecule has 1 N–H and O–H groups in total. The largest absolute Gasteiger partial charge is 0.387 e. The van der Waals surface area contributed by atoms with Gasteiger partial charge >= 0.3 is 0 Å². The van der Waals surface area contributed by atoms with Gasteiger partial charge in [-0.2, -0.15) is 10.2 Å². The molecule has 0 radical (unpaired) electrons. The molecular formula is C20H23N5O3. The monoisotopic (exact) mass is 381 g/mol. The first-order chi connectivity index (χ1) is 13.5. The Balaban J connectivity index is 1.55. The molecule has 1 aromatic carbocycles. The highest BCUT2D eigenvalue weighted by Gasteiger charge is 2.24. The van der Waals surface area contributed by atoms with Crippen LogP contribution in [0.4, 0.5) is 0 Å². The maximum Gasteiger partial charge on any atom is 0.275 e. The molecule has 1 atom stereocenters. The summed E-state index contributed by atoms with van der Waals surface area (Å²) in [7, 11) is 0. The third-order valence-corrected chi connectivity index (χ3v) is 5.24. The molecule has 8 nitrogen and oxygen atoms in total. The Morgan fingerprint density at radius 2 is 1.96 bits per heavy atom. The van der Waals surface area contributed by atoms with Gasteiger partial charge < -0.3 is 10.0 Å². The van der Waals surface area contributed by atoms with Crippen molar-refractivity contribution in [2.75, 3.05) is 6.54 Å². The van der Waals surface area contributed by atoms with Gasteiger partial charge in [-0.15, -0.1) is 0 Å². The van der Waals surface area contributed by atoms with Crippen LogP contribution < -0.4 is 5.56 Å². The van der Waals surface area contributed by atoms with Gasteiger partial charge in [0, 0.05) is 11.9 Å². The quantitative estimate of drug-likeness (QED) is 0.737. The number of aliphatic hydroxyl groups is 1. The highest BCUT2D eigenvalue weighted by atomic mass is 16.3. The van der Waals surface area contributed by atoms with E-state index in [4.69, 9.17) is 0 Å². The summed E-state index contributed by atoms with van der Waals surface area (Å²) >= 11 is 0. The normalized spacial score (nSPS) is 14.9. The fourth-order valence-corrected chi connectivity index (χ4v) is 3.61. The van der Waals surface area contributed by atoms with Crippen molar-refractivity contribution in [2.45, 2.75) is 46.0 Å². The number of benzene rings is 1. The number of aromatic nitrogens is 4. The lowest BCUT2D eigenvalue weighted by atomic mass is 10.1. The summed E-state index contributed by atoms with van der Waals surface area (Å²) in [6.45, 7) is 5.12. The Bertz CT molecular complexity index is 1100. The molecule has 8 heteroatoms. The first kappa shape index (κ1) is 18.4. The van der Waals surface area contributed by atoms with Gasteiger partial charge in [-0.3, -0.25) is 14.3 Å². The number of aliphatic hydroxyl groups excluding tert-OH is 1. The predicted octanol–water partition coefficient (Wildman–Crippen LogP) is 1.39. The summed E-state index contributed by atoms with van der Waals surface area (Å²) in [5.41, 5.74) is 1.98. The maximum atomic E-state index is 12.8. The molecule has 28 heavy (non-hydrogen) atoms. The summed E-state index contributed by atoms with van der Waals surface area (Å²) < 4.78 is 3.08. The second-order valence-electron chi connectivity index (χ2n) is 7.12. The first-order valence-corrected chi connectivity index (χ1v) is 9.47. The van der Waals surface area contributed by atoms with Crippen LogP contribution in [0, 0.1) is 6.92 Å². The van der Waals surface area contributed by atoms with Gasteiger partial charge in [0.1, 0.15) is 6.54 Å². The second kappa shape index (κ2) is 7.20. The fraction of sp³-hybridized carbons (Fsp3) is 0.400. The van der Waals surface area contributed by atoms with Crippen molar-refractivity contribution in [3.05, 3.63) is 57.8 Å². The van der Waals surface area contributed by atoms with Crippen molar-refractivity contribution in [1.29, 1.82) is 0 Å². The van der Waals surface area contributed by atoms with Crippen molar-refractivity contribution in [2.24, 2.45) is 0 Å². The number of nitrogens with zero attached hydrogens (tertiary/aromatic N) is 5. The molecule has 0 bridgehead atoms. The average molecular weight is 381 g/mol. The minimum Gasteiger partial charge on any atom is -0.387 e. The van der Waals surface area contributed by atoms with E-state index in [0.29, 0.717) is 37.1 Å². The number of rotatable bonds is 4. The number of hydrogen-bond acceptors (Lipinski definition) is 5. The zero-order valence-corrected chi connectivity index (χ0v) is 16.0. The van der Waals surface area contributed by atoms with Crippen molar-refractivity contribution in [1.82, 2.24) is 24.5 Å². The van der Waals surface area contributed by atoms with Crippen molar-refractivity contribution < 1.29 is 9.90 Å². The Morgan fingerprint density at radius 3 is 2.71 bits per heavy atom. The SMILES string of the molecule is CC[C@@H](O)c1cc2n(n1)CCN(C(=O)Cn1nc(C)c3ccccc3c1=O)C2. The van der Waals surface area contributed by atoms with E-state index in [1.54, 1.807) is 11.0 Å². The lowest BCUT2D eigenvalue weighted by Gasteiger charge is -2.27. The number of amides is 1. The van der Waals surface area contributed by atoms with Gasteiger partial charge in [-0.05, 0) is 25.5 Å². The minimum atomic E-state index is -0.592. The second-order valence-corrected chi connectivity index (χ2v) is 7.12. The predicted molar refractivity (Wildman–Crippen MR) is 104 cm³/mol. The Labute approximate surface area is 162 Å². The van der Waals surface area contributed by atoms with E-state index in [1.165, 1.54) is 4.68 Å². The molecule has 0 aliphatic carbocycles. The van der Waals surface area contributed by atoms with Crippen LogP contribution in [0.2, 0.25) is 0 Å². The smallest absolute Gasteiger partial charge is 0.275 e. The molecule has 146 valence electrons. The third-order valence-electron chi connectivity index (χ3n) is 5.24. The van der Waals surface area contributed by atoms with Crippen LogP contribution in [-0.4, -0.2) is 42.0 Å². The summed E-state index contributed by atoms with van der Waals surface area (Å²) in [5.74, 6) is -0.158. The van der Waals surface area contributed by atoms with Crippen LogP contribution in [0.3, 0.4) is 0 Å². The molecule has 0 saturated carbocycles. The van der Waals surface area contributed by atoms with Crippen molar-refractivity contribution in [3.63, 3.8) is 0 Å². The molecule has 1 amide bonds. The zero-order valence-electron chi connectivity index (χ0n) is 16.0. The van der Waals surface area contributed by atoms with Crippen LogP contribution in [0.5, 0.6) is 0 Å². The summed E-state index contributed by atoms with van der Waals surface area (Å²) in [4.78, 5) is 27.2. The Morgan fingerprint density at radius 1 is 1.21 bits per heavy atom. The molecule has 0 saturated heterocycles. The van der Waals surface area contributed by atoms with Gasteiger partial charge in [0.25, 0.3) is 5.56 Å². The van der Waals surface area contributed by atoms with Crippen molar-refractivity contribution in [3.8, 4) is 0 Å². The molecular weight excluding hydrogens is 358 g/mol. The summed E-state index contributed by atoms with van der Waals surface area (Å²) in [5, 5.41) is 20.1. The van der Waals surface area contributed by atoms with Crippen LogP contribution >= 0.6 is 0 Å². The fourth-order valence-electron chi connectivity index (χ4n) is 3.61. The number of fused-ring (bicyclic) bond motifs is 2. The maximum absolute atomic E-state index is 12.8. The van der Waals surface area contributed by atoms with E-state index in [9.17, 15) is 14.7 Å². The Kier molecular flexibility index (Phi) is 4.72. The van der Waals surface area contributed by atoms with Gasteiger partial charge in [0.05, 0.1) is 41.7 Å². The molecule has 1 aliphatic heterocycles. The van der Waals surface area contributed by atoms with E-state index in [1.807, 2.05) is 42.8 Å². The Hall–Kier alpha value is -3.00. The van der Waals surface area contributed by atoms with E-state index in [0.717, 1.165) is 16.8 Å². The standard InChI is InChI=1S/C20H23N5O3/c1-3-18(26)17-10-14-11-23(8-9-24(14)22-17)19(27)12-25-20(28)16-7-5-4-6-15(16)13(2)21-25/h4-7,10,18,26H,3,8-9,11-12H2,1-2H3/t18-/m1/s1. The topological polar surface area (TPSA) is 93.2 Å². The summed E-state index contributed by atoms with van der Waals surface area (Å²) in [6.07, 6.45) is 0.000227. The number of hydrogen-bond donors (Lipinski definition) is 1. The summed E-state index contributed by atoms with van der Waals surface area (Å²) in [6, 6.07) is 9.14. The van der Waals surface area contributed by atoms with E-state index in [2.05, 4.69) is 10.2 Å². The van der Waals surface area contributed by atoms with Crippen LogP contribution in [-0.2, 0) is 24.4 Å². The van der Waals surface area contributed by atoms with Crippen LogP contribution in [0.1, 0.15) is 36.5 Å². The highest BCUT2D eigenvalue weighted by molar-refractivity contribution is 5.83. The molecule has 3 heterocycles.